The van der Waals surface area contributed by atoms with E-state index in [1.54, 1.807) is 0 Å². The molecule has 4 rings (SSSR count). The quantitative estimate of drug-likeness (QED) is 0.130. The molecule has 2 aromatic heterocycles. The van der Waals surface area contributed by atoms with Crippen LogP contribution in [-0.4, -0.2) is 50.4 Å². The molecule has 3 N–H and O–H groups in total. The van der Waals surface area contributed by atoms with Gasteiger partial charge in [0.1, 0.15) is 23.0 Å². The monoisotopic (exact) mass is 435 g/mol. The zero-order valence-electron chi connectivity index (χ0n) is 17.0. The normalized spacial score (nSPS) is 12.1. The number of methoxy groups -OCH3 is 1. The van der Waals surface area contributed by atoms with Crippen molar-refractivity contribution in [1.82, 2.24) is 19.9 Å². The molecule has 0 saturated heterocycles. The van der Waals surface area contributed by atoms with Gasteiger partial charge in [0.2, 0.25) is 0 Å². The van der Waals surface area contributed by atoms with Gasteiger partial charge in [-0.3, -0.25) is 0 Å². The number of fused-ring (bicyclic) bond motifs is 2. The van der Waals surface area contributed by atoms with Crippen molar-refractivity contribution in [3.8, 4) is 0 Å². The Kier molecular flexibility index (Phi) is 6.03. The van der Waals surface area contributed by atoms with Crippen LogP contribution in [0.15, 0.2) is 59.4 Å². The van der Waals surface area contributed by atoms with Crippen LogP contribution in [0.25, 0.3) is 27.5 Å². The van der Waals surface area contributed by atoms with Gasteiger partial charge in [0.25, 0.3) is 0 Å². The van der Waals surface area contributed by atoms with Crippen LogP contribution in [0, 0.1) is 0 Å². The number of aromatic nitrogens is 4. The number of anilines is 1. The lowest BCUT2D eigenvalue weighted by molar-refractivity contribution is -0.133. The highest BCUT2D eigenvalue weighted by molar-refractivity contribution is 7.99. The Bertz CT molecular complexity index is 1250. The Morgan fingerprint density at radius 1 is 1.10 bits per heavy atom. The molecule has 0 aliphatic rings. The number of para-hydroxylation sites is 3. The van der Waals surface area contributed by atoms with Crippen LogP contribution in [-0.2, 0) is 9.53 Å². The molecule has 9 heteroatoms. The predicted octanol–water partition coefficient (Wildman–Crippen LogP) is 4.17. The molecule has 31 heavy (non-hydrogen) atoms. The van der Waals surface area contributed by atoms with Crippen molar-refractivity contribution in [1.29, 1.82) is 0 Å². The van der Waals surface area contributed by atoms with E-state index in [1.165, 1.54) is 18.9 Å². The maximum atomic E-state index is 12.4. The fourth-order valence-corrected chi connectivity index (χ4v) is 3.88. The molecule has 0 aliphatic carbocycles. The second-order valence-corrected chi connectivity index (χ2v) is 7.55. The number of rotatable bonds is 7. The zero-order chi connectivity index (χ0) is 21.8. The number of benzene rings is 2. The second kappa shape index (κ2) is 9.05. The van der Waals surface area contributed by atoms with E-state index in [9.17, 15) is 9.90 Å². The molecule has 2 heterocycles. The summed E-state index contributed by atoms with van der Waals surface area (Å²) >= 11 is 1.22. The maximum absolute atomic E-state index is 12.4. The van der Waals surface area contributed by atoms with Gasteiger partial charge in [-0.25, -0.2) is 19.7 Å². The molecule has 0 saturated carbocycles. The van der Waals surface area contributed by atoms with Gasteiger partial charge in [-0.15, -0.1) is 0 Å². The number of thioether (sulfide) groups is 1. The number of hydrogen-bond donors (Lipinski definition) is 3. The molecular formula is C22H21N5O3S. The fraction of sp³-hybridized carbons (Fsp3) is 0.182. The Morgan fingerprint density at radius 2 is 1.84 bits per heavy atom. The van der Waals surface area contributed by atoms with Gasteiger partial charge in [0, 0.05) is 11.9 Å². The molecule has 158 valence electrons. The summed E-state index contributed by atoms with van der Waals surface area (Å²) < 4.78 is 4.88. The van der Waals surface area contributed by atoms with Crippen LogP contribution < -0.4 is 5.32 Å². The van der Waals surface area contributed by atoms with E-state index in [1.807, 2.05) is 55.5 Å². The number of hydrogen-bond acceptors (Lipinski definition) is 8. The van der Waals surface area contributed by atoms with Crippen LogP contribution in [0.2, 0.25) is 0 Å². The van der Waals surface area contributed by atoms with E-state index in [-0.39, 0.29) is 22.9 Å². The first kappa shape index (κ1) is 20.7. The molecule has 0 amide bonds. The number of carbonyl (C=O) groups is 1. The minimum atomic E-state index is -0.676. The summed E-state index contributed by atoms with van der Waals surface area (Å²) in [5.74, 6) is 0.205. The van der Waals surface area contributed by atoms with Crippen molar-refractivity contribution < 1.29 is 14.6 Å². The molecule has 4 aromatic rings. The highest BCUT2D eigenvalue weighted by Gasteiger charge is 2.22. The summed E-state index contributed by atoms with van der Waals surface area (Å²) in [5.41, 5.74) is 2.23. The van der Waals surface area contributed by atoms with Crippen LogP contribution >= 0.6 is 11.8 Å². The second-order valence-electron chi connectivity index (χ2n) is 6.61. The van der Waals surface area contributed by atoms with E-state index in [2.05, 4.69) is 25.3 Å². The number of esters is 1. The number of aliphatic hydroxyl groups is 1. The van der Waals surface area contributed by atoms with Gasteiger partial charge in [-0.05, 0) is 31.2 Å². The van der Waals surface area contributed by atoms with E-state index in [4.69, 9.17) is 4.74 Å². The standard InChI is InChI=1S/C22H21N5O3S/c1-3-23-19-13-8-4-5-9-14(13)26-22(27-19)31-12-17(28)18(21(29)30-2)20-24-15-10-6-7-11-16(15)25-20/h4-11,28H,3,12H2,1-2H3,(H,24,25)(H,23,26,27)/b18-17+. The number of H-pyrrole nitrogens is 1. The Labute approximate surface area is 182 Å². The molecule has 2 aromatic carbocycles. The van der Waals surface area contributed by atoms with E-state index in [0.717, 1.165) is 28.8 Å². The van der Waals surface area contributed by atoms with Crippen molar-refractivity contribution >= 4 is 51.1 Å². The molecular weight excluding hydrogens is 414 g/mol. The maximum Gasteiger partial charge on any atom is 0.345 e. The lowest BCUT2D eigenvalue weighted by Gasteiger charge is -2.10. The molecule has 0 atom stereocenters. The molecule has 8 nitrogen and oxygen atoms in total. The Balaban J connectivity index is 1.67. The van der Waals surface area contributed by atoms with Crippen molar-refractivity contribution in [3.63, 3.8) is 0 Å². The third-order valence-electron chi connectivity index (χ3n) is 4.57. The Hall–Kier alpha value is -3.59. The molecule has 0 unspecified atom stereocenters. The number of ether oxygens (including phenoxy) is 1. The largest absolute Gasteiger partial charge is 0.510 e. The summed E-state index contributed by atoms with van der Waals surface area (Å²) in [5, 5.41) is 15.4. The number of aliphatic hydroxyl groups excluding tert-OH is 1. The van der Waals surface area contributed by atoms with Gasteiger partial charge >= 0.3 is 5.97 Å². The lowest BCUT2D eigenvalue weighted by atomic mass is 10.2. The molecule has 0 aliphatic heterocycles. The van der Waals surface area contributed by atoms with Gasteiger partial charge in [0.05, 0.1) is 29.4 Å². The SMILES string of the molecule is CCNc1nc(SC/C(O)=C(\C(=O)OC)c2nc3ccccc3[nH]2)nc2ccccc12. The van der Waals surface area contributed by atoms with Crippen LogP contribution in [0.1, 0.15) is 12.7 Å². The molecule has 0 bridgehead atoms. The molecule has 0 radical (unpaired) electrons. The van der Waals surface area contributed by atoms with Gasteiger partial charge < -0.3 is 20.1 Å². The van der Waals surface area contributed by atoms with Crippen LogP contribution in [0.3, 0.4) is 0 Å². The van der Waals surface area contributed by atoms with Gasteiger partial charge in [-0.1, -0.05) is 36.0 Å². The smallest absolute Gasteiger partial charge is 0.345 e. The molecule has 0 spiro atoms. The van der Waals surface area contributed by atoms with Crippen molar-refractivity contribution in [2.24, 2.45) is 0 Å². The van der Waals surface area contributed by atoms with E-state index < -0.39 is 5.97 Å². The van der Waals surface area contributed by atoms with E-state index in [0.29, 0.717) is 10.7 Å². The highest BCUT2D eigenvalue weighted by Crippen LogP contribution is 2.27. The minimum absolute atomic E-state index is 0.0149. The molecule has 0 fully saturated rings. The van der Waals surface area contributed by atoms with Crippen LogP contribution in [0.5, 0.6) is 0 Å². The predicted molar refractivity (Wildman–Crippen MR) is 122 cm³/mol. The number of nitrogens with zero attached hydrogens (tertiary/aromatic N) is 3. The summed E-state index contributed by atoms with van der Waals surface area (Å²) in [6, 6.07) is 15.1. The van der Waals surface area contributed by atoms with E-state index >= 15 is 0 Å². The fourth-order valence-electron chi connectivity index (χ4n) is 3.15. The minimum Gasteiger partial charge on any atom is -0.510 e. The van der Waals surface area contributed by atoms with Crippen molar-refractivity contribution in [2.75, 3.05) is 24.7 Å². The summed E-state index contributed by atoms with van der Waals surface area (Å²) in [4.78, 5) is 29.0. The third-order valence-corrected chi connectivity index (χ3v) is 5.43. The first-order valence-corrected chi connectivity index (χ1v) is 10.7. The third kappa shape index (κ3) is 4.31. The first-order valence-electron chi connectivity index (χ1n) is 9.69. The summed E-state index contributed by atoms with van der Waals surface area (Å²) in [6.45, 7) is 2.71. The topological polar surface area (TPSA) is 113 Å². The highest BCUT2D eigenvalue weighted by atomic mass is 32.2. The summed E-state index contributed by atoms with van der Waals surface area (Å²) in [7, 11) is 1.26. The average Bonchev–Trinajstić information content (AvgIpc) is 3.21. The van der Waals surface area contributed by atoms with Crippen molar-refractivity contribution in [3.05, 3.63) is 60.1 Å². The first-order chi connectivity index (χ1) is 15.1. The zero-order valence-corrected chi connectivity index (χ0v) is 17.9. The number of carbonyl (C=O) groups excluding carboxylic acids is 1. The van der Waals surface area contributed by atoms with Crippen LogP contribution in [0.4, 0.5) is 5.82 Å². The average molecular weight is 436 g/mol. The number of nitrogens with one attached hydrogen (secondary N) is 2. The number of aromatic amines is 1. The van der Waals surface area contributed by atoms with Gasteiger partial charge in [0.15, 0.2) is 5.16 Å². The lowest BCUT2D eigenvalue weighted by Crippen LogP contribution is -2.10. The van der Waals surface area contributed by atoms with Gasteiger partial charge in [-0.2, -0.15) is 0 Å². The Morgan fingerprint density at radius 3 is 2.58 bits per heavy atom. The summed E-state index contributed by atoms with van der Waals surface area (Å²) in [6.07, 6.45) is 0. The van der Waals surface area contributed by atoms with Crippen molar-refractivity contribution in [2.45, 2.75) is 12.1 Å². The number of imidazole rings is 1.